The molecule has 2 aromatic carbocycles. The number of amides is 2. The van der Waals surface area contributed by atoms with Gasteiger partial charge < -0.3 is 61.3 Å². The number of ether oxygens (including phenoxy) is 8. The lowest BCUT2D eigenvalue weighted by Gasteiger charge is -2.30. The third kappa shape index (κ3) is 18.3. The van der Waals surface area contributed by atoms with Gasteiger partial charge in [-0.2, -0.15) is 4.58 Å². The van der Waals surface area contributed by atoms with Gasteiger partial charge in [-0.05, 0) is 75.1 Å². The van der Waals surface area contributed by atoms with Gasteiger partial charge in [0.2, 0.25) is 5.69 Å². The normalized spacial score (nSPS) is 19.4. The lowest BCUT2D eigenvalue weighted by Crippen LogP contribution is -2.32. The molecule has 434 valence electrons. The molecule has 3 aliphatic heterocycles. The predicted molar refractivity (Wildman–Crippen MR) is 276 cm³/mol. The van der Waals surface area contributed by atoms with Crippen LogP contribution in [0.15, 0.2) is 82.3 Å². The van der Waals surface area contributed by atoms with E-state index in [1.54, 1.807) is 44.4 Å². The Morgan fingerprint density at radius 2 is 1.17 bits per heavy atom. The van der Waals surface area contributed by atoms with Crippen LogP contribution < -0.4 is 4.90 Å². The summed E-state index contributed by atoms with van der Waals surface area (Å²) in [5, 5.41) is 0.493. The highest BCUT2D eigenvalue weighted by Crippen LogP contribution is 2.51. The Labute approximate surface area is 456 Å². The van der Waals surface area contributed by atoms with Crippen molar-refractivity contribution in [2.45, 2.75) is 73.0 Å². The summed E-state index contributed by atoms with van der Waals surface area (Å²) in [4.78, 5) is 40.8. The topological polar surface area (TPSA) is 315 Å². The van der Waals surface area contributed by atoms with Crippen LogP contribution >= 0.6 is 0 Å². The van der Waals surface area contributed by atoms with Crippen molar-refractivity contribution in [3.05, 3.63) is 83.6 Å². The molecule has 0 spiro atoms. The molecule has 0 aromatic heterocycles. The highest BCUT2D eigenvalue weighted by molar-refractivity contribution is 7.86. The third-order valence-corrected chi connectivity index (χ3v) is 15.5. The van der Waals surface area contributed by atoms with Gasteiger partial charge in [0.25, 0.3) is 11.8 Å². The van der Waals surface area contributed by atoms with Crippen LogP contribution in [-0.2, 0) is 98.3 Å². The first-order valence-corrected chi connectivity index (χ1v) is 29.6. The number of carbonyl (C=O) groups excluding carboxylic acids is 3. The van der Waals surface area contributed by atoms with Gasteiger partial charge in [-0.25, -0.2) is 30.0 Å². The minimum absolute atomic E-state index is 0.0217. The van der Waals surface area contributed by atoms with E-state index >= 15 is 0 Å². The molecule has 27 heteroatoms. The number of rotatable bonds is 37. The zero-order valence-corrected chi connectivity index (χ0v) is 46.7. The zero-order valence-electron chi connectivity index (χ0n) is 44.3. The van der Waals surface area contributed by atoms with Crippen molar-refractivity contribution in [1.29, 1.82) is 0 Å². The molecule has 5 rings (SSSR count). The van der Waals surface area contributed by atoms with Gasteiger partial charge in [-0.3, -0.25) is 9.59 Å². The number of hydrogen-bond donors (Lipinski definition) is 0. The van der Waals surface area contributed by atoms with Crippen LogP contribution in [0.5, 0.6) is 0 Å². The summed E-state index contributed by atoms with van der Waals surface area (Å²) in [6.07, 6.45) is 9.34. The van der Waals surface area contributed by atoms with Gasteiger partial charge in [0.15, 0.2) is 12.3 Å². The molecule has 0 radical (unpaired) electrons. The number of nitrogens with zero attached hydrogens (tertiary/aromatic N) is 3. The van der Waals surface area contributed by atoms with Crippen molar-refractivity contribution >= 4 is 65.2 Å². The monoisotopic (exact) mass is 1160 g/mol. The second-order valence-electron chi connectivity index (χ2n) is 18.5. The number of allylic oxidation sites excluding steroid dienone is 6. The average Bonchev–Trinajstić information content (AvgIpc) is 4.10. The number of hydrogen-bond acceptors (Lipinski definition) is 22. The average molecular weight is 1160 g/mol. The summed E-state index contributed by atoms with van der Waals surface area (Å²) in [5.74, 6) is -2.48. The van der Waals surface area contributed by atoms with E-state index in [1.165, 1.54) is 37.4 Å². The largest absolute Gasteiger partial charge is 0.748 e. The maximum absolute atomic E-state index is 12.3. The fourth-order valence-corrected chi connectivity index (χ4v) is 10.6. The van der Waals surface area contributed by atoms with Crippen LogP contribution in [-0.4, -0.2) is 198 Å². The summed E-state index contributed by atoms with van der Waals surface area (Å²) in [5.41, 5.74) is 1.84. The Morgan fingerprint density at radius 1 is 0.641 bits per heavy atom. The van der Waals surface area contributed by atoms with Gasteiger partial charge in [0, 0.05) is 80.5 Å². The third-order valence-electron chi connectivity index (χ3n) is 13.1. The summed E-state index contributed by atoms with van der Waals surface area (Å²) in [6.45, 7) is 8.15. The minimum atomic E-state index is -4.86. The van der Waals surface area contributed by atoms with E-state index in [2.05, 4.69) is 0 Å². The van der Waals surface area contributed by atoms with Gasteiger partial charge in [-0.1, -0.05) is 18.2 Å². The fraction of sp³-hybridized carbons (Fsp3) is 0.569. The lowest BCUT2D eigenvalue weighted by molar-refractivity contribution is -0.441. The van der Waals surface area contributed by atoms with Gasteiger partial charge >= 0.3 is 5.97 Å². The van der Waals surface area contributed by atoms with Crippen molar-refractivity contribution in [1.82, 2.24) is 5.06 Å². The SMILES string of the molecule is COCC[N+]1=C(/C=C/C=C/C=C2/N(CCOCCOCCOCCOCCOCCOCCC(=O)ON3C(=O)CCC3=O)c3ccc(S(=O)(=O)[O-])cc3C2(C)CCOC)C(C)(CCCS(=O)(=O)[O-])c2cc(S(=O)(=O)[O-])ccc21. The molecule has 24 nitrogen and oxygen atoms in total. The number of fused-ring (bicyclic) bond motifs is 2. The number of carbonyl (C=O) groups is 3. The zero-order chi connectivity index (χ0) is 57.0. The van der Waals surface area contributed by atoms with Gasteiger partial charge in [0.05, 0.1) is 111 Å². The first-order valence-electron chi connectivity index (χ1n) is 25.2. The van der Waals surface area contributed by atoms with Crippen LogP contribution in [0.3, 0.4) is 0 Å². The van der Waals surface area contributed by atoms with Crippen LogP contribution in [0, 0.1) is 0 Å². The first kappa shape index (κ1) is 64.0. The summed E-state index contributed by atoms with van der Waals surface area (Å²) in [6, 6.07) is 8.30. The summed E-state index contributed by atoms with van der Waals surface area (Å²) < 4.78 is 154. The molecule has 0 N–H and O–H groups in total. The molecule has 3 heterocycles. The van der Waals surface area contributed by atoms with E-state index in [-0.39, 0.29) is 89.9 Å². The van der Waals surface area contributed by atoms with Crippen molar-refractivity contribution in [3.63, 3.8) is 0 Å². The van der Waals surface area contributed by atoms with E-state index in [4.69, 9.17) is 42.7 Å². The Hall–Kier alpha value is -4.85. The van der Waals surface area contributed by atoms with Crippen LogP contribution in [0.4, 0.5) is 11.4 Å². The Kier molecular flexibility index (Phi) is 24.7. The first-order chi connectivity index (χ1) is 37.0. The second-order valence-corrected chi connectivity index (χ2v) is 22.8. The maximum Gasteiger partial charge on any atom is 0.335 e. The van der Waals surface area contributed by atoms with E-state index < -0.39 is 69.6 Å². The quantitative estimate of drug-likeness (QED) is 0.0309. The molecular weight excluding hydrogens is 1090 g/mol. The van der Waals surface area contributed by atoms with Crippen LogP contribution in [0.2, 0.25) is 0 Å². The molecule has 0 aliphatic carbocycles. The molecule has 2 aromatic rings. The van der Waals surface area contributed by atoms with Crippen molar-refractivity contribution in [2.75, 3.05) is 130 Å². The Bertz CT molecular complexity index is 2840. The van der Waals surface area contributed by atoms with Crippen molar-refractivity contribution in [2.24, 2.45) is 0 Å². The minimum Gasteiger partial charge on any atom is -0.748 e. The van der Waals surface area contributed by atoms with Crippen molar-refractivity contribution < 1.29 is 101 Å². The number of hydroxylamine groups is 2. The molecule has 1 saturated heterocycles. The van der Waals surface area contributed by atoms with Crippen LogP contribution in [0.25, 0.3) is 0 Å². The molecular formula is C51H69N3O21S3-2. The van der Waals surface area contributed by atoms with E-state index in [9.17, 15) is 53.3 Å². The maximum atomic E-state index is 12.3. The second kappa shape index (κ2) is 30.1. The Morgan fingerprint density at radius 3 is 1.71 bits per heavy atom. The molecule has 3 aliphatic rings. The van der Waals surface area contributed by atoms with Gasteiger partial charge in [-0.15, -0.1) is 5.06 Å². The fourth-order valence-electron chi connectivity index (χ4n) is 9.15. The smallest absolute Gasteiger partial charge is 0.335 e. The number of benzene rings is 2. The summed E-state index contributed by atoms with van der Waals surface area (Å²) in [7, 11) is -11.2. The van der Waals surface area contributed by atoms with E-state index in [0.29, 0.717) is 92.4 Å². The number of imide groups is 1. The van der Waals surface area contributed by atoms with E-state index in [1.807, 2.05) is 22.5 Å². The lowest BCUT2D eigenvalue weighted by atomic mass is 9.76. The molecule has 0 bridgehead atoms. The van der Waals surface area contributed by atoms with Gasteiger partial charge in [0.1, 0.15) is 26.8 Å². The molecule has 2 unspecified atom stereocenters. The highest BCUT2D eigenvalue weighted by atomic mass is 32.2. The van der Waals surface area contributed by atoms with Crippen LogP contribution in [0.1, 0.15) is 63.5 Å². The Balaban J connectivity index is 1.13. The molecule has 0 saturated carbocycles. The number of anilines is 1. The molecule has 78 heavy (non-hydrogen) atoms. The summed E-state index contributed by atoms with van der Waals surface area (Å²) >= 11 is 0. The molecule has 2 amide bonds. The highest BCUT2D eigenvalue weighted by Gasteiger charge is 2.48. The molecule has 2 atom stereocenters. The number of methoxy groups -OCH3 is 2. The van der Waals surface area contributed by atoms with Crippen molar-refractivity contribution in [3.8, 4) is 0 Å². The standard InChI is InChI=1S/C51H71N3O21S3/c1-50(18-8-36-76(58,59)60)41-37-39(77(61,62)63)11-13-43(41)52(20-24-68-4)45(50)9-6-5-7-10-46-51(2,19-23-67-3)42-38-40(78(64,65)66)12-14-44(42)53(46)21-25-70-27-29-72-31-33-74-35-34-73-32-30-71-28-26-69-22-17-49(57)75-54-47(55)15-16-48(54)56/h5-7,9-14,37-38H,8,15-36H2,1-4H3,(H2-,58,59,60,61,62,63,64,65,66)/p-2. The molecule has 1 fully saturated rings. The predicted octanol–water partition coefficient (Wildman–Crippen LogP) is 2.73. The van der Waals surface area contributed by atoms with E-state index in [0.717, 1.165) is 5.70 Å².